The van der Waals surface area contributed by atoms with Crippen LogP contribution in [0.15, 0.2) is 6.33 Å². The first-order chi connectivity index (χ1) is 5.33. The molecule has 11 heavy (non-hydrogen) atoms. The molecule has 0 aromatic carbocycles. The van der Waals surface area contributed by atoms with E-state index in [1.165, 1.54) is 24.4 Å². The van der Waals surface area contributed by atoms with Crippen LogP contribution in [-0.2, 0) is 6.42 Å². The molecular weight excluding hydrogens is 224 g/mol. The number of rotatable bonds is 4. The summed E-state index contributed by atoms with van der Waals surface area (Å²) in [7, 11) is 0. The maximum Gasteiger partial charge on any atom is 0.129 e. The van der Waals surface area contributed by atoms with Gasteiger partial charge >= 0.3 is 0 Å². The van der Waals surface area contributed by atoms with Gasteiger partial charge in [0.15, 0.2) is 0 Å². The van der Waals surface area contributed by atoms with E-state index in [1.807, 2.05) is 0 Å². The lowest BCUT2D eigenvalue weighted by atomic mass is 10.2. The molecule has 0 N–H and O–H groups in total. The maximum atomic E-state index is 4.12. The third-order valence-corrected chi connectivity index (χ3v) is 2.87. The van der Waals surface area contributed by atoms with Crippen molar-refractivity contribution in [3.05, 3.63) is 11.3 Å². The molecule has 0 radical (unpaired) electrons. The molecule has 4 heteroatoms. The first-order valence-corrected chi connectivity index (χ1v) is 5.41. The lowest BCUT2D eigenvalue weighted by molar-refractivity contribution is 0.742. The molecule has 1 atom stereocenters. The Hall–Kier alpha value is 0.0400. The first-order valence-electron chi connectivity index (χ1n) is 3.72. The topological polar surface area (TPSA) is 25.8 Å². The SMILES string of the molecule is CCCC(Br)Cc1ncns1. The number of nitrogens with zero attached hydrogens (tertiary/aromatic N) is 2. The largest absolute Gasteiger partial charge is 0.228 e. The van der Waals surface area contributed by atoms with Crippen molar-refractivity contribution in [3.8, 4) is 0 Å². The molecule has 2 nitrogen and oxygen atoms in total. The van der Waals surface area contributed by atoms with Gasteiger partial charge in [-0.05, 0) is 18.0 Å². The Balaban J connectivity index is 2.31. The van der Waals surface area contributed by atoms with Crippen LogP contribution in [0.1, 0.15) is 24.8 Å². The average molecular weight is 235 g/mol. The summed E-state index contributed by atoms with van der Waals surface area (Å²) >= 11 is 5.08. The van der Waals surface area contributed by atoms with Gasteiger partial charge in [0, 0.05) is 11.2 Å². The summed E-state index contributed by atoms with van der Waals surface area (Å²) in [5.74, 6) is 0. The zero-order valence-electron chi connectivity index (χ0n) is 6.46. The average Bonchev–Trinajstić information content (AvgIpc) is 2.40. The minimum Gasteiger partial charge on any atom is -0.228 e. The highest BCUT2D eigenvalue weighted by Crippen LogP contribution is 2.14. The van der Waals surface area contributed by atoms with Crippen molar-refractivity contribution in [1.29, 1.82) is 0 Å². The van der Waals surface area contributed by atoms with Crippen LogP contribution in [0.3, 0.4) is 0 Å². The van der Waals surface area contributed by atoms with Gasteiger partial charge < -0.3 is 0 Å². The summed E-state index contributed by atoms with van der Waals surface area (Å²) in [5.41, 5.74) is 0. The third-order valence-electron chi connectivity index (χ3n) is 1.40. The molecule has 0 amide bonds. The van der Waals surface area contributed by atoms with E-state index >= 15 is 0 Å². The lowest BCUT2D eigenvalue weighted by Crippen LogP contribution is -2.00. The molecule has 0 saturated carbocycles. The van der Waals surface area contributed by atoms with Gasteiger partial charge in [-0.1, -0.05) is 29.3 Å². The molecule has 0 fully saturated rings. The second-order valence-electron chi connectivity index (χ2n) is 2.43. The van der Waals surface area contributed by atoms with Crippen molar-refractivity contribution >= 4 is 27.5 Å². The fourth-order valence-corrected chi connectivity index (χ4v) is 2.46. The molecule has 0 aliphatic carbocycles. The minimum atomic E-state index is 0.570. The summed E-state index contributed by atoms with van der Waals surface area (Å²) in [6, 6.07) is 0. The molecule has 1 aromatic heterocycles. The van der Waals surface area contributed by atoms with Gasteiger partial charge in [0.2, 0.25) is 0 Å². The Kier molecular flexibility index (Phi) is 4.01. The predicted molar refractivity (Wildman–Crippen MR) is 51.2 cm³/mol. The molecule has 62 valence electrons. The third kappa shape index (κ3) is 3.29. The van der Waals surface area contributed by atoms with E-state index in [1.54, 1.807) is 6.33 Å². The van der Waals surface area contributed by atoms with E-state index in [2.05, 4.69) is 32.2 Å². The predicted octanol–water partition coefficient (Wildman–Crippen LogP) is 2.64. The van der Waals surface area contributed by atoms with Gasteiger partial charge in [-0.3, -0.25) is 0 Å². The van der Waals surface area contributed by atoms with Crippen LogP contribution in [-0.4, -0.2) is 14.2 Å². The Labute approximate surface area is 79.3 Å². The molecule has 1 aromatic rings. The molecule has 1 heterocycles. The summed E-state index contributed by atoms with van der Waals surface area (Å²) in [6.07, 6.45) is 5.05. The Morgan fingerprint density at radius 2 is 2.55 bits per heavy atom. The van der Waals surface area contributed by atoms with Crippen molar-refractivity contribution in [3.63, 3.8) is 0 Å². The number of alkyl halides is 1. The van der Waals surface area contributed by atoms with Crippen molar-refractivity contribution in [2.24, 2.45) is 0 Å². The van der Waals surface area contributed by atoms with Gasteiger partial charge in [-0.2, -0.15) is 4.37 Å². The normalized spacial score (nSPS) is 13.3. The van der Waals surface area contributed by atoms with E-state index in [-0.39, 0.29) is 0 Å². The molecular formula is C7H11BrN2S. The zero-order valence-corrected chi connectivity index (χ0v) is 8.86. The van der Waals surface area contributed by atoms with Gasteiger partial charge in [-0.25, -0.2) is 4.98 Å². The number of aromatic nitrogens is 2. The summed E-state index contributed by atoms with van der Waals surface area (Å²) in [5, 5.41) is 1.13. The summed E-state index contributed by atoms with van der Waals surface area (Å²) in [4.78, 5) is 4.69. The van der Waals surface area contributed by atoms with Gasteiger partial charge in [0.05, 0.1) is 0 Å². The van der Waals surface area contributed by atoms with Crippen LogP contribution in [0.5, 0.6) is 0 Å². The molecule has 0 saturated heterocycles. The van der Waals surface area contributed by atoms with Crippen LogP contribution in [0.25, 0.3) is 0 Å². The van der Waals surface area contributed by atoms with Crippen LogP contribution in [0.4, 0.5) is 0 Å². The maximum absolute atomic E-state index is 4.12. The fourth-order valence-electron chi connectivity index (χ4n) is 0.891. The van der Waals surface area contributed by atoms with E-state index < -0.39 is 0 Å². The molecule has 0 bridgehead atoms. The highest BCUT2D eigenvalue weighted by molar-refractivity contribution is 9.09. The van der Waals surface area contributed by atoms with Crippen molar-refractivity contribution < 1.29 is 0 Å². The quantitative estimate of drug-likeness (QED) is 0.750. The van der Waals surface area contributed by atoms with E-state index in [0.717, 1.165) is 11.4 Å². The fraction of sp³-hybridized carbons (Fsp3) is 0.714. The summed E-state index contributed by atoms with van der Waals surface area (Å²) < 4.78 is 3.95. The smallest absolute Gasteiger partial charge is 0.129 e. The second kappa shape index (κ2) is 4.83. The summed E-state index contributed by atoms with van der Waals surface area (Å²) in [6.45, 7) is 2.19. The lowest BCUT2D eigenvalue weighted by Gasteiger charge is -2.03. The molecule has 0 aliphatic rings. The zero-order chi connectivity index (χ0) is 8.10. The molecule has 1 rings (SSSR count). The Morgan fingerprint density at radius 1 is 1.73 bits per heavy atom. The minimum absolute atomic E-state index is 0.570. The molecule has 0 spiro atoms. The van der Waals surface area contributed by atoms with E-state index in [9.17, 15) is 0 Å². The van der Waals surface area contributed by atoms with E-state index in [0.29, 0.717) is 4.83 Å². The van der Waals surface area contributed by atoms with Crippen LogP contribution >= 0.6 is 27.5 Å². The van der Waals surface area contributed by atoms with Crippen molar-refractivity contribution in [2.75, 3.05) is 0 Å². The van der Waals surface area contributed by atoms with Crippen molar-refractivity contribution in [1.82, 2.24) is 9.36 Å². The van der Waals surface area contributed by atoms with Crippen LogP contribution in [0.2, 0.25) is 0 Å². The van der Waals surface area contributed by atoms with Crippen LogP contribution < -0.4 is 0 Å². The Morgan fingerprint density at radius 3 is 3.09 bits per heavy atom. The molecule has 1 unspecified atom stereocenters. The van der Waals surface area contributed by atoms with Gasteiger partial charge in [0.25, 0.3) is 0 Å². The second-order valence-corrected chi connectivity index (χ2v) is 4.58. The standard InChI is InChI=1S/C7H11BrN2S/c1-2-3-6(8)4-7-9-5-10-11-7/h5-6H,2-4H2,1H3. The van der Waals surface area contributed by atoms with E-state index in [4.69, 9.17) is 0 Å². The van der Waals surface area contributed by atoms with Crippen molar-refractivity contribution in [2.45, 2.75) is 31.0 Å². The van der Waals surface area contributed by atoms with Gasteiger partial charge in [0.1, 0.15) is 11.3 Å². The van der Waals surface area contributed by atoms with Gasteiger partial charge in [-0.15, -0.1) is 0 Å². The number of hydrogen-bond acceptors (Lipinski definition) is 3. The monoisotopic (exact) mass is 234 g/mol. The highest BCUT2D eigenvalue weighted by atomic mass is 79.9. The first kappa shape index (κ1) is 9.13. The molecule has 0 aliphatic heterocycles. The number of halogens is 1. The highest BCUT2D eigenvalue weighted by Gasteiger charge is 2.05. The number of hydrogen-bond donors (Lipinski definition) is 0. The van der Waals surface area contributed by atoms with Crippen LogP contribution in [0, 0.1) is 0 Å². The Bertz CT molecular complexity index is 188.